The van der Waals surface area contributed by atoms with E-state index in [4.69, 9.17) is 9.15 Å². The molecule has 8 heteroatoms. The molecule has 0 aliphatic rings. The van der Waals surface area contributed by atoms with Gasteiger partial charge in [-0.15, -0.1) is 0 Å². The van der Waals surface area contributed by atoms with E-state index < -0.39 is 6.04 Å². The molecular weight excluding hydrogens is 384 g/mol. The van der Waals surface area contributed by atoms with Crippen molar-refractivity contribution >= 4 is 22.5 Å². The lowest BCUT2D eigenvalue weighted by molar-refractivity contribution is -0.125. The minimum absolute atomic E-state index is 0.250. The predicted molar refractivity (Wildman–Crippen MR) is 113 cm³/mol. The third-order valence-electron chi connectivity index (χ3n) is 5.11. The summed E-state index contributed by atoms with van der Waals surface area (Å²) in [5.74, 6) is 1.15. The van der Waals surface area contributed by atoms with Crippen LogP contribution in [0.5, 0.6) is 5.75 Å². The minimum Gasteiger partial charge on any atom is -0.494 e. The molecule has 0 spiro atoms. The van der Waals surface area contributed by atoms with Crippen LogP contribution in [0.25, 0.3) is 16.6 Å². The van der Waals surface area contributed by atoms with Crippen LogP contribution in [0, 0.1) is 6.92 Å². The van der Waals surface area contributed by atoms with Crippen LogP contribution in [0.15, 0.2) is 51.9 Å². The van der Waals surface area contributed by atoms with Crippen LogP contribution in [0.2, 0.25) is 0 Å². The summed E-state index contributed by atoms with van der Waals surface area (Å²) in [7, 11) is 0. The largest absolute Gasteiger partial charge is 0.494 e. The molecule has 0 aliphatic carbocycles. The van der Waals surface area contributed by atoms with Gasteiger partial charge in [0, 0.05) is 18.7 Å². The Balaban J connectivity index is 1.58. The lowest BCUT2D eigenvalue weighted by Crippen LogP contribution is -2.39. The highest BCUT2D eigenvalue weighted by molar-refractivity contribution is 5.83. The molecular formula is C22H24N4O4. The van der Waals surface area contributed by atoms with Gasteiger partial charge in [-0.1, -0.05) is 19.1 Å². The summed E-state index contributed by atoms with van der Waals surface area (Å²) in [6.07, 6.45) is 2.01. The van der Waals surface area contributed by atoms with Gasteiger partial charge in [0.1, 0.15) is 23.1 Å². The molecule has 1 amide bonds. The Morgan fingerprint density at radius 3 is 2.67 bits per heavy atom. The van der Waals surface area contributed by atoms with Gasteiger partial charge in [-0.2, -0.15) is 5.10 Å². The van der Waals surface area contributed by atoms with Gasteiger partial charge in [0.05, 0.1) is 18.4 Å². The van der Waals surface area contributed by atoms with Gasteiger partial charge in [0.2, 0.25) is 5.91 Å². The number of benzene rings is 1. The smallest absolute Gasteiger partial charge is 0.291 e. The van der Waals surface area contributed by atoms with Gasteiger partial charge in [-0.3, -0.25) is 14.0 Å². The van der Waals surface area contributed by atoms with Gasteiger partial charge in [0.15, 0.2) is 5.58 Å². The van der Waals surface area contributed by atoms with Crippen LogP contribution < -0.4 is 15.6 Å². The molecule has 30 heavy (non-hydrogen) atoms. The number of amides is 1. The molecule has 8 nitrogen and oxygen atoms in total. The van der Waals surface area contributed by atoms with Crippen molar-refractivity contribution < 1.29 is 13.9 Å². The number of aromatic nitrogens is 3. The van der Waals surface area contributed by atoms with Crippen molar-refractivity contribution in [1.82, 2.24) is 19.5 Å². The van der Waals surface area contributed by atoms with Gasteiger partial charge in [0.25, 0.3) is 5.56 Å². The van der Waals surface area contributed by atoms with Crippen molar-refractivity contribution in [2.45, 2.75) is 39.8 Å². The number of hydrogen-bond acceptors (Lipinski definition) is 5. The molecule has 0 radical (unpaired) electrons. The molecule has 1 atom stereocenters. The number of nitrogens with one attached hydrogen (secondary N) is 1. The maximum absolute atomic E-state index is 13.1. The summed E-state index contributed by atoms with van der Waals surface area (Å²) in [6, 6.07) is 10.3. The van der Waals surface area contributed by atoms with Crippen LogP contribution in [-0.4, -0.2) is 26.7 Å². The number of nitrogens with zero attached hydrogens (tertiary/aromatic N) is 3. The first-order valence-electron chi connectivity index (χ1n) is 10.0. The molecule has 0 unspecified atom stereocenters. The molecule has 0 bridgehead atoms. The van der Waals surface area contributed by atoms with Crippen molar-refractivity contribution in [1.29, 1.82) is 0 Å². The second-order valence-electron chi connectivity index (χ2n) is 7.05. The number of carbonyl (C=O) groups is 1. The first kappa shape index (κ1) is 19.8. The van der Waals surface area contributed by atoms with Crippen LogP contribution in [0.4, 0.5) is 0 Å². The average molecular weight is 408 g/mol. The van der Waals surface area contributed by atoms with Crippen LogP contribution in [0.3, 0.4) is 0 Å². The normalized spacial score (nSPS) is 12.4. The van der Waals surface area contributed by atoms with E-state index in [-0.39, 0.29) is 11.5 Å². The molecule has 1 N–H and O–H groups in total. The Morgan fingerprint density at radius 2 is 1.97 bits per heavy atom. The Morgan fingerprint density at radius 1 is 1.20 bits per heavy atom. The summed E-state index contributed by atoms with van der Waals surface area (Å²) >= 11 is 0. The lowest BCUT2D eigenvalue weighted by atomic mass is 10.2. The zero-order valence-electron chi connectivity index (χ0n) is 17.2. The monoisotopic (exact) mass is 408 g/mol. The Bertz CT molecular complexity index is 1250. The van der Waals surface area contributed by atoms with Crippen molar-refractivity contribution in [3.63, 3.8) is 0 Å². The van der Waals surface area contributed by atoms with Gasteiger partial charge >= 0.3 is 0 Å². The number of ether oxygens (including phenoxy) is 1. The third-order valence-corrected chi connectivity index (χ3v) is 5.11. The van der Waals surface area contributed by atoms with E-state index in [0.29, 0.717) is 36.5 Å². The fourth-order valence-electron chi connectivity index (χ4n) is 3.65. The maximum atomic E-state index is 13.1. The molecule has 156 valence electrons. The van der Waals surface area contributed by atoms with Crippen molar-refractivity contribution in [3.05, 3.63) is 64.4 Å². The van der Waals surface area contributed by atoms with Gasteiger partial charge < -0.3 is 14.5 Å². The average Bonchev–Trinajstić information content (AvgIpc) is 3.33. The molecule has 3 aromatic heterocycles. The van der Waals surface area contributed by atoms with E-state index >= 15 is 0 Å². The zero-order chi connectivity index (χ0) is 21.3. The van der Waals surface area contributed by atoms with Crippen molar-refractivity contribution in [3.8, 4) is 5.75 Å². The van der Waals surface area contributed by atoms with E-state index in [9.17, 15) is 9.59 Å². The van der Waals surface area contributed by atoms with Crippen LogP contribution >= 0.6 is 0 Å². The molecule has 4 rings (SSSR count). The van der Waals surface area contributed by atoms with Gasteiger partial charge in [-0.05, 0) is 38.0 Å². The molecule has 3 heterocycles. The first-order chi connectivity index (χ1) is 14.5. The van der Waals surface area contributed by atoms with E-state index in [2.05, 4.69) is 10.4 Å². The Labute approximate surface area is 173 Å². The minimum atomic E-state index is -0.704. The summed E-state index contributed by atoms with van der Waals surface area (Å²) < 4.78 is 13.9. The third kappa shape index (κ3) is 3.45. The number of furan rings is 1. The van der Waals surface area contributed by atoms with E-state index in [0.717, 1.165) is 16.8 Å². The summed E-state index contributed by atoms with van der Waals surface area (Å²) in [4.78, 5) is 25.9. The molecule has 4 aromatic rings. The highest BCUT2D eigenvalue weighted by Gasteiger charge is 2.23. The predicted octanol–water partition coefficient (Wildman–Crippen LogP) is 3.22. The van der Waals surface area contributed by atoms with E-state index in [1.54, 1.807) is 29.7 Å². The number of rotatable bonds is 7. The second kappa shape index (κ2) is 8.06. The number of fused-ring (bicyclic) bond motifs is 3. The number of hydrogen-bond donors (Lipinski definition) is 1. The SMILES string of the molecule is CCOc1ccc(CNC(=O)[C@H](CC)n2nc(C)n3c(cc4occc43)c2=O)cc1. The fourth-order valence-corrected chi connectivity index (χ4v) is 3.65. The highest BCUT2D eigenvalue weighted by atomic mass is 16.5. The summed E-state index contributed by atoms with van der Waals surface area (Å²) in [5, 5.41) is 7.34. The number of aryl methyl sites for hydroxylation is 1. The summed E-state index contributed by atoms with van der Waals surface area (Å²) in [5.41, 5.74) is 2.46. The Hall–Kier alpha value is -3.55. The lowest BCUT2D eigenvalue weighted by Gasteiger charge is -2.18. The molecule has 1 aromatic carbocycles. The van der Waals surface area contributed by atoms with Crippen molar-refractivity contribution in [2.24, 2.45) is 0 Å². The molecule has 0 aliphatic heterocycles. The Kier molecular flexibility index (Phi) is 5.31. The summed E-state index contributed by atoms with van der Waals surface area (Å²) in [6.45, 7) is 6.56. The fraction of sp³-hybridized carbons (Fsp3) is 0.318. The zero-order valence-corrected chi connectivity index (χ0v) is 17.2. The van der Waals surface area contributed by atoms with Crippen LogP contribution in [0.1, 0.15) is 37.7 Å². The standard InChI is InChI=1S/C22H24N4O4/c1-4-17(21(27)23-13-15-6-8-16(9-7-15)29-5-2)26-22(28)19-12-20-18(10-11-30-20)25(19)14(3)24-26/h6-12,17H,4-5,13H2,1-3H3,(H,23,27)/t17-/m0/s1. The quantitative estimate of drug-likeness (QED) is 0.507. The first-order valence-corrected chi connectivity index (χ1v) is 10.0. The van der Waals surface area contributed by atoms with Crippen LogP contribution in [-0.2, 0) is 11.3 Å². The topological polar surface area (TPSA) is 90.8 Å². The van der Waals surface area contributed by atoms with E-state index in [1.807, 2.05) is 38.1 Å². The maximum Gasteiger partial charge on any atom is 0.291 e. The molecule has 0 saturated carbocycles. The number of carbonyl (C=O) groups excluding carboxylic acids is 1. The van der Waals surface area contributed by atoms with E-state index in [1.165, 1.54) is 4.68 Å². The highest BCUT2D eigenvalue weighted by Crippen LogP contribution is 2.21. The van der Waals surface area contributed by atoms with Gasteiger partial charge in [-0.25, -0.2) is 4.68 Å². The second-order valence-corrected chi connectivity index (χ2v) is 7.05. The van der Waals surface area contributed by atoms with Crippen molar-refractivity contribution in [2.75, 3.05) is 6.61 Å². The molecule has 0 saturated heterocycles. The molecule has 0 fully saturated rings.